The third-order valence-corrected chi connectivity index (χ3v) is 3.02. The third-order valence-electron chi connectivity index (χ3n) is 1.21. The summed E-state index contributed by atoms with van der Waals surface area (Å²) in [6.45, 7) is 8.65. The van der Waals surface area contributed by atoms with Gasteiger partial charge in [-0.25, -0.2) is 0 Å². The van der Waals surface area contributed by atoms with E-state index in [0.29, 0.717) is 21.1 Å². The summed E-state index contributed by atoms with van der Waals surface area (Å²) in [5.41, 5.74) is 0. The maximum atomic E-state index is 5.71. The molecule has 0 aromatic rings. The standard InChI is InChI=1S/C6H14ClNSi/c1-5(2)8(9-7)6(3)4/h5-6H,1-4H3. The van der Waals surface area contributed by atoms with Crippen LogP contribution >= 0.6 is 11.1 Å². The first kappa shape index (κ1) is 9.47. The Labute approximate surface area is 65.0 Å². The smallest absolute Gasteiger partial charge is 0.274 e. The second kappa shape index (κ2) is 4.31. The van der Waals surface area contributed by atoms with Crippen LogP contribution in [0, 0.1) is 0 Å². The van der Waals surface area contributed by atoms with E-state index in [4.69, 9.17) is 11.1 Å². The monoisotopic (exact) mass is 163 g/mol. The third kappa shape index (κ3) is 3.23. The first-order valence-electron chi connectivity index (χ1n) is 3.24. The number of hydrogen-bond donors (Lipinski definition) is 0. The van der Waals surface area contributed by atoms with Gasteiger partial charge < -0.3 is 4.57 Å². The molecule has 3 heteroatoms. The van der Waals surface area contributed by atoms with Crippen molar-refractivity contribution in [2.75, 3.05) is 0 Å². The average molecular weight is 164 g/mol. The lowest BCUT2D eigenvalue weighted by Crippen LogP contribution is -2.37. The Balaban J connectivity index is 3.68. The summed E-state index contributed by atoms with van der Waals surface area (Å²) in [5.74, 6) is 0. The lowest BCUT2D eigenvalue weighted by Gasteiger charge is -2.26. The highest BCUT2D eigenvalue weighted by molar-refractivity contribution is 6.92. The maximum Gasteiger partial charge on any atom is 0.274 e. The summed E-state index contributed by atoms with van der Waals surface area (Å²) >= 11 is 5.71. The molecule has 1 nitrogen and oxygen atoms in total. The minimum atomic E-state index is 0.415. The average Bonchev–Trinajstić information content (AvgIpc) is 1.64. The number of hydrogen-bond acceptors (Lipinski definition) is 1. The Bertz CT molecular complexity index is 67.5. The van der Waals surface area contributed by atoms with Gasteiger partial charge in [0.05, 0.1) is 0 Å². The van der Waals surface area contributed by atoms with Gasteiger partial charge in [-0.1, -0.05) is 27.7 Å². The van der Waals surface area contributed by atoms with E-state index >= 15 is 0 Å². The molecule has 0 saturated carbocycles. The fraction of sp³-hybridized carbons (Fsp3) is 1.00. The quantitative estimate of drug-likeness (QED) is 0.454. The molecule has 0 aliphatic rings. The van der Waals surface area contributed by atoms with Crippen LogP contribution < -0.4 is 0 Å². The van der Waals surface area contributed by atoms with E-state index < -0.39 is 0 Å². The number of halogens is 1. The number of nitrogens with zero attached hydrogens (tertiary/aromatic N) is 1. The van der Waals surface area contributed by atoms with Crippen molar-refractivity contribution < 1.29 is 0 Å². The second-order valence-corrected chi connectivity index (χ2v) is 3.87. The molecule has 0 aliphatic carbocycles. The SMILES string of the molecule is CC(C)N([Si]Cl)C(C)C. The predicted octanol–water partition coefficient (Wildman–Crippen LogP) is 1.88. The first-order chi connectivity index (χ1) is 4.09. The summed E-state index contributed by atoms with van der Waals surface area (Å²) in [6.07, 6.45) is 0. The lowest BCUT2D eigenvalue weighted by molar-refractivity contribution is 0.317. The normalized spacial score (nSPS) is 12.0. The Morgan fingerprint density at radius 3 is 1.44 bits per heavy atom. The van der Waals surface area contributed by atoms with Crippen molar-refractivity contribution in [3.63, 3.8) is 0 Å². The minimum Gasteiger partial charge on any atom is -0.308 e. The van der Waals surface area contributed by atoms with Crippen molar-refractivity contribution in [3.05, 3.63) is 0 Å². The highest BCUT2D eigenvalue weighted by Gasteiger charge is 2.11. The fourth-order valence-electron chi connectivity index (χ4n) is 0.791. The molecule has 0 spiro atoms. The van der Waals surface area contributed by atoms with E-state index in [1.807, 2.05) is 0 Å². The van der Waals surface area contributed by atoms with E-state index in [2.05, 4.69) is 32.3 Å². The van der Waals surface area contributed by atoms with Gasteiger partial charge in [-0.2, -0.15) is 0 Å². The summed E-state index contributed by atoms with van der Waals surface area (Å²) < 4.78 is 2.25. The molecule has 0 unspecified atom stereocenters. The summed E-state index contributed by atoms with van der Waals surface area (Å²) in [5, 5.41) is 0. The maximum absolute atomic E-state index is 5.71. The highest BCUT2D eigenvalue weighted by Crippen LogP contribution is 2.02. The van der Waals surface area contributed by atoms with E-state index in [0.717, 1.165) is 0 Å². The van der Waals surface area contributed by atoms with Crippen LogP contribution in [-0.4, -0.2) is 25.6 Å². The van der Waals surface area contributed by atoms with Crippen molar-refractivity contribution in [2.45, 2.75) is 39.8 Å². The molecule has 9 heavy (non-hydrogen) atoms. The van der Waals surface area contributed by atoms with Crippen LogP contribution in [0.5, 0.6) is 0 Å². The van der Waals surface area contributed by atoms with E-state index in [1.165, 1.54) is 0 Å². The van der Waals surface area contributed by atoms with Crippen molar-refractivity contribution in [2.24, 2.45) is 0 Å². The zero-order chi connectivity index (χ0) is 7.44. The zero-order valence-electron chi connectivity index (χ0n) is 6.48. The summed E-state index contributed by atoms with van der Waals surface area (Å²) in [4.78, 5) is 0. The molecule has 0 bridgehead atoms. The molecule has 0 aliphatic heterocycles. The lowest BCUT2D eigenvalue weighted by atomic mass is 10.3. The van der Waals surface area contributed by atoms with Gasteiger partial charge in [0.1, 0.15) is 0 Å². The molecular weight excluding hydrogens is 150 g/mol. The van der Waals surface area contributed by atoms with Crippen molar-refractivity contribution in [1.29, 1.82) is 0 Å². The largest absolute Gasteiger partial charge is 0.308 e. The highest BCUT2D eigenvalue weighted by atomic mass is 35.6. The van der Waals surface area contributed by atoms with Crippen molar-refractivity contribution in [1.82, 2.24) is 4.57 Å². The topological polar surface area (TPSA) is 3.24 Å². The molecule has 0 rings (SSSR count). The van der Waals surface area contributed by atoms with Crippen LogP contribution in [0.25, 0.3) is 0 Å². The first-order valence-corrected chi connectivity index (χ1v) is 5.20. The fourth-order valence-corrected chi connectivity index (χ4v) is 2.35. The zero-order valence-corrected chi connectivity index (χ0v) is 8.24. The molecule has 0 atom stereocenters. The van der Waals surface area contributed by atoms with E-state index in [-0.39, 0.29) is 0 Å². The van der Waals surface area contributed by atoms with Gasteiger partial charge in [-0.05, 0) is 12.1 Å². The Kier molecular flexibility index (Phi) is 4.53. The van der Waals surface area contributed by atoms with Gasteiger partial charge >= 0.3 is 0 Å². The van der Waals surface area contributed by atoms with Gasteiger partial charge in [-0.3, -0.25) is 0 Å². The van der Waals surface area contributed by atoms with Gasteiger partial charge in [0.2, 0.25) is 0 Å². The molecule has 2 radical (unpaired) electrons. The van der Waals surface area contributed by atoms with Gasteiger partial charge in [-0.15, -0.1) is 11.1 Å². The Morgan fingerprint density at radius 2 is 1.44 bits per heavy atom. The van der Waals surface area contributed by atoms with E-state index in [9.17, 15) is 0 Å². The summed E-state index contributed by atoms with van der Waals surface area (Å²) in [6, 6.07) is 1.14. The molecule has 0 amide bonds. The predicted molar refractivity (Wildman–Crippen MR) is 43.7 cm³/mol. The van der Waals surface area contributed by atoms with Gasteiger partial charge in [0, 0.05) is 0 Å². The molecule has 54 valence electrons. The van der Waals surface area contributed by atoms with Crippen LogP contribution in [-0.2, 0) is 0 Å². The molecule has 0 fully saturated rings. The van der Waals surface area contributed by atoms with E-state index in [1.54, 1.807) is 0 Å². The van der Waals surface area contributed by atoms with Gasteiger partial charge in [0.25, 0.3) is 8.99 Å². The molecule has 0 heterocycles. The van der Waals surface area contributed by atoms with Crippen molar-refractivity contribution in [3.8, 4) is 0 Å². The number of rotatable bonds is 3. The molecule has 0 aromatic heterocycles. The summed E-state index contributed by atoms with van der Waals surface area (Å²) in [7, 11) is 0.415. The van der Waals surface area contributed by atoms with Crippen LogP contribution in [0.1, 0.15) is 27.7 Å². The second-order valence-electron chi connectivity index (χ2n) is 2.68. The Hall–Kier alpha value is 0.467. The van der Waals surface area contributed by atoms with Crippen LogP contribution in [0.4, 0.5) is 0 Å². The van der Waals surface area contributed by atoms with Crippen LogP contribution in [0.15, 0.2) is 0 Å². The molecule has 0 saturated heterocycles. The molecule has 0 aromatic carbocycles. The molecule has 0 N–H and O–H groups in total. The van der Waals surface area contributed by atoms with Crippen molar-refractivity contribution >= 4 is 20.1 Å². The minimum absolute atomic E-state index is 0.415. The van der Waals surface area contributed by atoms with Crippen LogP contribution in [0.2, 0.25) is 0 Å². The molecular formula is C6H14ClNSi. The van der Waals surface area contributed by atoms with Gasteiger partial charge in [0.15, 0.2) is 0 Å². The van der Waals surface area contributed by atoms with Crippen LogP contribution in [0.3, 0.4) is 0 Å². The Morgan fingerprint density at radius 1 is 1.11 bits per heavy atom.